The maximum absolute atomic E-state index is 12.0. The summed E-state index contributed by atoms with van der Waals surface area (Å²) in [7, 11) is 1.59. The molecule has 3 atom stereocenters. The van der Waals surface area contributed by atoms with E-state index in [4.69, 9.17) is 9.47 Å². The molecule has 5 heteroatoms. The maximum atomic E-state index is 12.0. The summed E-state index contributed by atoms with van der Waals surface area (Å²) in [5.41, 5.74) is 0.825. The molecule has 1 aromatic rings. The molecule has 2 rings (SSSR count). The number of hydrogen-bond acceptors (Lipinski definition) is 4. The van der Waals surface area contributed by atoms with E-state index in [0.29, 0.717) is 17.6 Å². The molecule has 0 saturated heterocycles. The summed E-state index contributed by atoms with van der Waals surface area (Å²) in [6.45, 7) is 4.13. The highest BCUT2D eigenvalue weighted by Crippen LogP contribution is 2.29. The molecule has 0 aliphatic heterocycles. The molecular formula is C20H27NO4. The predicted molar refractivity (Wildman–Crippen MR) is 97.1 cm³/mol. The zero-order chi connectivity index (χ0) is 18.2. The van der Waals surface area contributed by atoms with Gasteiger partial charge in [0, 0.05) is 12.1 Å². The Morgan fingerprint density at radius 3 is 2.84 bits per heavy atom. The second-order valence-corrected chi connectivity index (χ2v) is 6.66. The summed E-state index contributed by atoms with van der Waals surface area (Å²) in [5.74, 6) is 0.983. The highest BCUT2D eigenvalue weighted by Gasteiger charge is 2.28. The Labute approximate surface area is 149 Å². The molecule has 0 bridgehead atoms. The number of carbonyl (C=O) groups is 2. The largest absolute Gasteiger partial charge is 0.497 e. The molecule has 1 N–H and O–H groups in total. The van der Waals surface area contributed by atoms with Gasteiger partial charge in [-0.1, -0.05) is 38.8 Å². The molecule has 0 spiro atoms. The van der Waals surface area contributed by atoms with E-state index in [1.807, 2.05) is 24.3 Å². The number of carbonyl (C=O) groups excluding carboxylic acids is 2. The third-order valence-corrected chi connectivity index (χ3v) is 4.90. The second-order valence-electron chi connectivity index (χ2n) is 6.66. The van der Waals surface area contributed by atoms with Crippen molar-refractivity contribution in [2.24, 2.45) is 11.8 Å². The van der Waals surface area contributed by atoms with Crippen molar-refractivity contribution in [2.75, 3.05) is 13.7 Å². The highest BCUT2D eigenvalue weighted by atomic mass is 16.5. The van der Waals surface area contributed by atoms with Crippen LogP contribution in [0.1, 0.15) is 38.7 Å². The van der Waals surface area contributed by atoms with Crippen LogP contribution < -0.4 is 10.1 Å². The Hall–Kier alpha value is -2.30. The fourth-order valence-electron chi connectivity index (χ4n) is 3.13. The van der Waals surface area contributed by atoms with E-state index in [2.05, 4.69) is 19.2 Å². The van der Waals surface area contributed by atoms with Gasteiger partial charge in [-0.25, -0.2) is 4.79 Å². The number of ether oxygens (including phenoxy) is 2. The van der Waals surface area contributed by atoms with Crippen LogP contribution in [-0.4, -0.2) is 31.6 Å². The van der Waals surface area contributed by atoms with Gasteiger partial charge in [-0.15, -0.1) is 0 Å². The molecule has 1 saturated carbocycles. The van der Waals surface area contributed by atoms with Crippen LogP contribution in [0, 0.1) is 11.8 Å². The van der Waals surface area contributed by atoms with Crippen LogP contribution in [0.5, 0.6) is 5.75 Å². The van der Waals surface area contributed by atoms with Crippen LogP contribution in [0.3, 0.4) is 0 Å². The van der Waals surface area contributed by atoms with Crippen molar-refractivity contribution in [1.29, 1.82) is 0 Å². The lowest BCUT2D eigenvalue weighted by atomic mass is 9.78. The minimum absolute atomic E-state index is 0.169. The van der Waals surface area contributed by atoms with Gasteiger partial charge in [0.25, 0.3) is 5.91 Å². The van der Waals surface area contributed by atoms with Crippen molar-refractivity contribution in [1.82, 2.24) is 5.32 Å². The van der Waals surface area contributed by atoms with Crippen molar-refractivity contribution in [3.05, 3.63) is 35.9 Å². The number of benzene rings is 1. The summed E-state index contributed by atoms with van der Waals surface area (Å²) in [6, 6.07) is 7.49. The fraction of sp³-hybridized carbons (Fsp3) is 0.500. The van der Waals surface area contributed by atoms with Gasteiger partial charge in [-0.2, -0.15) is 0 Å². The van der Waals surface area contributed by atoms with E-state index < -0.39 is 5.97 Å². The molecule has 136 valence electrons. The van der Waals surface area contributed by atoms with Gasteiger partial charge >= 0.3 is 5.97 Å². The topological polar surface area (TPSA) is 64.6 Å². The van der Waals surface area contributed by atoms with E-state index >= 15 is 0 Å². The number of hydrogen-bond donors (Lipinski definition) is 1. The van der Waals surface area contributed by atoms with Crippen molar-refractivity contribution in [2.45, 2.75) is 39.2 Å². The van der Waals surface area contributed by atoms with Crippen molar-refractivity contribution >= 4 is 18.0 Å². The summed E-state index contributed by atoms with van der Waals surface area (Å²) >= 11 is 0. The van der Waals surface area contributed by atoms with Gasteiger partial charge < -0.3 is 14.8 Å². The minimum atomic E-state index is -0.539. The zero-order valence-electron chi connectivity index (χ0n) is 15.2. The van der Waals surface area contributed by atoms with Gasteiger partial charge in [0.05, 0.1) is 7.11 Å². The predicted octanol–water partition coefficient (Wildman–Crippen LogP) is 3.19. The molecule has 1 aromatic carbocycles. The van der Waals surface area contributed by atoms with Gasteiger partial charge in [-0.05, 0) is 42.0 Å². The normalized spacial score (nSPS) is 23.2. The molecule has 0 aromatic heterocycles. The van der Waals surface area contributed by atoms with Crippen LogP contribution in [0.25, 0.3) is 6.08 Å². The molecule has 5 nitrogen and oxygen atoms in total. The van der Waals surface area contributed by atoms with E-state index in [1.54, 1.807) is 13.2 Å². The first-order chi connectivity index (χ1) is 12.0. The molecule has 0 heterocycles. The monoisotopic (exact) mass is 345 g/mol. The van der Waals surface area contributed by atoms with Gasteiger partial charge in [0.1, 0.15) is 5.75 Å². The summed E-state index contributed by atoms with van der Waals surface area (Å²) in [6.07, 6.45) is 6.26. The number of esters is 1. The zero-order valence-corrected chi connectivity index (χ0v) is 15.2. The van der Waals surface area contributed by atoms with Crippen LogP contribution in [0.15, 0.2) is 30.3 Å². The Bertz CT molecular complexity index is 626. The molecule has 0 unspecified atom stereocenters. The number of rotatable bonds is 6. The number of amides is 1. The minimum Gasteiger partial charge on any atom is -0.497 e. The van der Waals surface area contributed by atoms with E-state index in [9.17, 15) is 9.59 Å². The Morgan fingerprint density at radius 2 is 2.08 bits per heavy atom. The average molecular weight is 345 g/mol. The van der Waals surface area contributed by atoms with E-state index in [0.717, 1.165) is 18.4 Å². The van der Waals surface area contributed by atoms with E-state index in [1.165, 1.54) is 12.5 Å². The lowest BCUT2D eigenvalue weighted by Crippen LogP contribution is -2.45. The van der Waals surface area contributed by atoms with Crippen LogP contribution in [0.4, 0.5) is 0 Å². The summed E-state index contributed by atoms with van der Waals surface area (Å²) in [5, 5.41) is 2.99. The number of nitrogens with one attached hydrogen (secondary N) is 1. The van der Waals surface area contributed by atoms with Gasteiger partial charge in [0.2, 0.25) is 0 Å². The average Bonchev–Trinajstić information content (AvgIpc) is 2.62. The smallest absolute Gasteiger partial charge is 0.331 e. The van der Waals surface area contributed by atoms with Crippen LogP contribution in [-0.2, 0) is 14.3 Å². The number of methoxy groups -OCH3 is 1. The van der Waals surface area contributed by atoms with Gasteiger partial charge in [-0.3, -0.25) is 4.79 Å². The Balaban J connectivity index is 1.77. The fourth-order valence-corrected chi connectivity index (χ4v) is 3.13. The third kappa shape index (κ3) is 5.93. The molecule has 0 radical (unpaired) electrons. The second kappa shape index (κ2) is 9.25. The van der Waals surface area contributed by atoms with Crippen molar-refractivity contribution < 1.29 is 19.1 Å². The SMILES string of the molecule is COc1cccc(/C=C/C(=O)OCC(=O)N[C@@H]2CCC[C@H](C)[C@H]2C)c1. The third-order valence-electron chi connectivity index (χ3n) is 4.90. The first kappa shape index (κ1) is 19.0. The molecule has 1 aliphatic rings. The Morgan fingerprint density at radius 1 is 1.28 bits per heavy atom. The molecule has 1 fully saturated rings. The van der Waals surface area contributed by atoms with Crippen molar-refractivity contribution in [3.8, 4) is 5.75 Å². The summed E-state index contributed by atoms with van der Waals surface area (Å²) in [4.78, 5) is 23.8. The van der Waals surface area contributed by atoms with Gasteiger partial charge in [0.15, 0.2) is 6.61 Å². The molecule has 1 amide bonds. The first-order valence-electron chi connectivity index (χ1n) is 8.78. The molecule has 1 aliphatic carbocycles. The Kier molecular flexibility index (Phi) is 7.04. The lowest BCUT2D eigenvalue weighted by Gasteiger charge is -2.34. The molecular weight excluding hydrogens is 318 g/mol. The maximum Gasteiger partial charge on any atom is 0.331 e. The first-order valence-corrected chi connectivity index (χ1v) is 8.78. The van der Waals surface area contributed by atoms with E-state index in [-0.39, 0.29) is 18.6 Å². The molecule has 25 heavy (non-hydrogen) atoms. The van der Waals surface area contributed by atoms with Crippen LogP contribution >= 0.6 is 0 Å². The van der Waals surface area contributed by atoms with Crippen molar-refractivity contribution in [3.63, 3.8) is 0 Å². The standard InChI is InChI=1S/C20H27NO4/c1-14-6-4-9-18(15(14)2)21-19(22)13-25-20(23)11-10-16-7-5-8-17(12-16)24-3/h5,7-8,10-12,14-15,18H,4,6,9,13H2,1-3H3,(H,21,22)/b11-10+/t14-,15+,18+/m0/s1. The summed E-state index contributed by atoms with van der Waals surface area (Å²) < 4.78 is 10.1. The highest BCUT2D eigenvalue weighted by molar-refractivity contribution is 5.89. The van der Waals surface area contributed by atoms with Crippen LogP contribution in [0.2, 0.25) is 0 Å². The lowest BCUT2D eigenvalue weighted by molar-refractivity contribution is -0.144. The quantitative estimate of drug-likeness (QED) is 0.635.